The van der Waals surface area contributed by atoms with Crippen molar-refractivity contribution in [2.75, 3.05) is 5.73 Å². The Morgan fingerprint density at radius 3 is 2.67 bits per heavy atom. The standard InChI is InChI=1S/C15H17FN4O/c16-12-3-1-11(2-4-12)8-20(14-5-6-14)15(21)10-19-9-13(17)7-18-19/h1-4,7,9,14H,5-6,8,10,17H2. The van der Waals surface area contributed by atoms with Crippen LogP contribution in [0, 0.1) is 5.82 Å². The molecule has 2 aromatic rings. The molecule has 0 spiro atoms. The molecule has 1 aromatic heterocycles. The molecule has 1 heterocycles. The summed E-state index contributed by atoms with van der Waals surface area (Å²) in [6, 6.07) is 6.54. The molecule has 1 aliphatic carbocycles. The maximum atomic E-state index is 12.9. The van der Waals surface area contributed by atoms with Crippen molar-refractivity contribution < 1.29 is 9.18 Å². The largest absolute Gasteiger partial charge is 0.396 e. The summed E-state index contributed by atoms with van der Waals surface area (Å²) < 4.78 is 14.5. The Morgan fingerprint density at radius 1 is 1.38 bits per heavy atom. The van der Waals surface area contributed by atoms with Gasteiger partial charge in [-0.2, -0.15) is 5.10 Å². The Kier molecular flexibility index (Phi) is 3.60. The first kappa shape index (κ1) is 13.6. The Bertz CT molecular complexity index is 633. The molecule has 2 N–H and O–H groups in total. The molecule has 3 rings (SSSR count). The van der Waals surface area contributed by atoms with Gasteiger partial charge in [0.1, 0.15) is 12.4 Å². The van der Waals surface area contributed by atoms with E-state index in [0.717, 1.165) is 18.4 Å². The van der Waals surface area contributed by atoms with Crippen LogP contribution in [0.4, 0.5) is 10.1 Å². The van der Waals surface area contributed by atoms with E-state index in [4.69, 9.17) is 5.73 Å². The highest BCUT2D eigenvalue weighted by atomic mass is 19.1. The number of halogens is 1. The lowest BCUT2D eigenvalue weighted by atomic mass is 10.2. The summed E-state index contributed by atoms with van der Waals surface area (Å²) in [5.41, 5.74) is 7.07. The Labute approximate surface area is 122 Å². The van der Waals surface area contributed by atoms with Crippen LogP contribution in [0.3, 0.4) is 0 Å². The minimum absolute atomic E-state index is 0.00456. The fraction of sp³-hybridized carbons (Fsp3) is 0.333. The van der Waals surface area contributed by atoms with Crippen molar-refractivity contribution in [3.63, 3.8) is 0 Å². The summed E-state index contributed by atoms with van der Waals surface area (Å²) in [6.45, 7) is 0.676. The second-order valence-corrected chi connectivity index (χ2v) is 5.35. The molecule has 0 aliphatic heterocycles. The van der Waals surface area contributed by atoms with Gasteiger partial charge in [0.2, 0.25) is 5.91 Å². The molecule has 6 heteroatoms. The van der Waals surface area contributed by atoms with Gasteiger partial charge in [0.15, 0.2) is 0 Å². The lowest BCUT2D eigenvalue weighted by Gasteiger charge is -2.22. The van der Waals surface area contributed by atoms with Crippen LogP contribution in [0.5, 0.6) is 0 Å². The molecular formula is C15H17FN4O. The Hall–Kier alpha value is -2.37. The number of benzene rings is 1. The fourth-order valence-electron chi connectivity index (χ4n) is 2.29. The van der Waals surface area contributed by atoms with E-state index in [1.165, 1.54) is 23.0 Å². The summed E-state index contributed by atoms with van der Waals surface area (Å²) in [4.78, 5) is 14.3. The third kappa shape index (κ3) is 3.39. The van der Waals surface area contributed by atoms with E-state index in [9.17, 15) is 9.18 Å². The Balaban J connectivity index is 1.69. The van der Waals surface area contributed by atoms with E-state index in [2.05, 4.69) is 5.10 Å². The van der Waals surface area contributed by atoms with E-state index in [0.29, 0.717) is 12.2 Å². The van der Waals surface area contributed by atoms with Crippen molar-refractivity contribution in [1.82, 2.24) is 14.7 Å². The van der Waals surface area contributed by atoms with Crippen molar-refractivity contribution >= 4 is 11.6 Å². The quantitative estimate of drug-likeness (QED) is 0.912. The lowest BCUT2D eigenvalue weighted by molar-refractivity contribution is -0.133. The summed E-state index contributed by atoms with van der Waals surface area (Å²) in [6.07, 6.45) is 5.21. The number of aromatic nitrogens is 2. The van der Waals surface area contributed by atoms with Crippen LogP contribution in [-0.2, 0) is 17.9 Å². The first-order chi connectivity index (χ1) is 10.1. The molecule has 110 valence electrons. The number of nitrogens with two attached hydrogens (primary N) is 1. The van der Waals surface area contributed by atoms with Gasteiger partial charge < -0.3 is 10.6 Å². The van der Waals surface area contributed by atoms with Gasteiger partial charge in [-0.3, -0.25) is 9.48 Å². The fourth-order valence-corrected chi connectivity index (χ4v) is 2.29. The molecule has 0 radical (unpaired) electrons. The molecule has 5 nitrogen and oxygen atoms in total. The summed E-state index contributed by atoms with van der Waals surface area (Å²) in [5.74, 6) is -0.264. The van der Waals surface area contributed by atoms with Gasteiger partial charge in [0.05, 0.1) is 11.9 Å². The minimum atomic E-state index is -0.268. The van der Waals surface area contributed by atoms with Crippen LogP contribution in [0.2, 0.25) is 0 Å². The number of nitrogen functional groups attached to an aromatic ring is 1. The van der Waals surface area contributed by atoms with Gasteiger partial charge in [0, 0.05) is 18.8 Å². The second kappa shape index (κ2) is 5.55. The van der Waals surface area contributed by atoms with E-state index in [-0.39, 0.29) is 24.3 Å². The number of carbonyl (C=O) groups excluding carboxylic acids is 1. The van der Waals surface area contributed by atoms with Crippen molar-refractivity contribution in [2.45, 2.75) is 32.0 Å². The van der Waals surface area contributed by atoms with Crippen molar-refractivity contribution in [3.05, 3.63) is 48.0 Å². The van der Waals surface area contributed by atoms with Crippen LogP contribution in [0.25, 0.3) is 0 Å². The topological polar surface area (TPSA) is 64.1 Å². The molecule has 21 heavy (non-hydrogen) atoms. The monoisotopic (exact) mass is 288 g/mol. The van der Waals surface area contributed by atoms with Gasteiger partial charge in [-0.25, -0.2) is 4.39 Å². The highest BCUT2D eigenvalue weighted by Gasteiger charge is 2.32. The second-order valence-electron chi connectivity index (χ2n) is 5.35. The molecule has 0 saturated heterocycles. The molecule has 1 aromatic carbocycles. The number of hydrogen-bond acceptors (Lipinski definition) is 3. The molecule has 0 bridgehead atoms. The number of rotatable bonds is 5. The van der Waals surface area contributed by atoms with E-state index >= 15 is 0 Å². The molecular weight excluding hydrogens is 271 g/mol. The molecule has 1 amide bonds. The average Bonchev–Trinajstić information content (AvgIpc) is 3.21. The van der Waals surface area contributed by atoms with Gasteiger partial charge in [-0.1, -0.05) is 12.1 Å². The van der Waals surface area contributed by atoms with Gasteiger partial charge in [0.25, 0.3) is 0 Å². The predicted molar refractivity (Wildman–Crippen MR) is 76.6 cm³/mol. The maximum Gasteiger partial charge on any atom is 0.244 e. The van der Waals surface area contributed by atoms with Crippen LogP contribution < -0.4 is 5.73 Å². The smallest absolute Gasteiger partial charge is 0.244 e. The van der Waals surface area contributed by atoms with E-state index in [1.807, 2.05) is 4.90 Å². The zero-order chi connectivity index (χ0) is 14.8. The number of hydrogen-bond donors (Lipinski definition) is 1. The van der Waals surface area contributed by atoms with Crippen molar-refractivity contribution in [2.24, 2.45) is 0 Å². The third-order valence-corrected chi connectivity index (χ3v) is 3.52. The molecule has 1 fully saturated rings. The van der Waals surface area contributed by atoms with Gasteiger partial charge in [-0.15, -0.1) is 0 Å². The van der Waals surface area contributed by atoms with Crippen LogP contribution >= 0.6 is 0 Å². The van der Waals surface area contributed by atoms with Crippen LogP contribution in [0.1, 0.15) is 18.4 Å². The number of nitrogens with zero attached hydrogens (tertiary/aromatic N) is 3. The molecule has 0 atom stereocenters. The van der Waals surface area contributed by atoms with Crippen LogP contribution in [-0.4, -0.2) is 26.6 Å². The molecule has 1 saturated carbocycles. The molecule has 0 unspecified atom stereocenters. The first-order valence-electron chi connectivity index (χ1n) is 6.93. The SMILES string of the molecule is Nc1cnn(CC(=O)N(Cc2ccc(F)cc2)C2CC2)c1. The minimum Gasteiger partial charge on any atom is -0.396 e. The molecule has 1 aliphatic rings. The average molecular weight is 288 g/mol. The lowest BCUT2D eigenvalue weighted by Crippen LogP contribution is -2.35. The highest BCUT2D eigenvalue weighted by Crippen LogP contribution is 2.28. The predicted octanol–water partition coefficient (Wildman–Crippen LogP) is 1.80. The Morgan fingerprint density at radius 2 is 2.10 bits per heavy atom. The zero-order valence-electron chi connectivity index (χ0n) is 11.6. The normalized spacial score (nSPS) is 14.1. The maximum absolute atomic E-state index is 12.9. The summed E-state index contributed by atoms with van der Waals surface area (Å²) in [5, 5.41) is 4.03. The third-order valence-electron chi connectivity index (χ3n) is 3.52. The van der Waals surface area contributed by atoms with Gasteiger partial charge >= 0.3 is 0 Å². The zero-order valence-corrected chi connectivity index (χ0v) is 11.6. The number of carbonyl (C=O) groups is 1. The first-order valence-corrected chi connectivity index (χ1v) is 6.93. The van der Waals surface area contributed by atoms with Crippen molar-refractivity contribution in [3.8, 4) is 0 Å². The summed E-state index contributed by atoms with van der Waals surface area (Å²) >= 11 is 0. The number of anilines is 1. The highest BCUT2D eigenvalue weighted by molar-refractivity contribution is 5.76. The van der Waals surface area contributed by atoms with E-state index < -0.39 is 0 Å². The summed E-state index contributed by atoms with van der Waals surface area (Å²) in [7, 11) is 0. The van der Waals surface area contributed by atoms with Crippen molar-refractivity contribution in [1.29, 1.82) is 0 Å². The number of amides is 1. The van der Waals surface area contributed by atoms with E-state index in [1.54, 1.807) is 18.3 Å². The van der Waals surface area contributed by atoms with Crippen LogP contribution in [0.15, 0.2) is 36.7 Å². The van der Waals surface area contributed by atoms with Gasteiger partial charge in [-0.05, 0) is 30.5 Å².